The molecule has 0 saturated carbocycles. The van der Waals surface area contributed by atoms with Crippen LogP contribution in [0, 0.1) is 0 Å². The van der Waals surface area contributed by atoms with Crippen molar-refractivity contribution in [3.8, 4) is 0 Å². The number of hydrogen-bond acceptors (Lipinski definition) is 5. The Morgan fingerprint density at radius 2 is 0.726 bits per heavy atom. The maximum absolute atomic E-state index is 12.8. The molecule has 0 rings (SSSR count). The van der Waals surface area contributed by atoms with E-state index in [1.54, 1.807) is 0 Å². The highest BCUT2D eigenvalue weighted by molar-refractivity contribution is 5.70. The summed E-state index contributed by atoms with van der Waals surface area (Å²) in [4.78, 5) is 25.4. The summed E-state index contributed by atoms with van der Waals surface area (Å²) in [5.41, 5.74) is 0. The third kappa shape index (κ3) is 49.5. The first-order valence-corrected chi connectivity index (χ1v) is 25.8. The average molecular weight is 861 g/mol. The predicted molar refractivity (Wildman–Crippen MR) is 270 cm³/mol. The number of carbonyl (C=O) groups excluding carboxylic acids is 2. The van der Waals surface area contributed by atoms with Crippen LogP contribution in [0.3, 0.4) is 0 Å². The average Bonchev–Trinajstić information content (AvgIpc) is 3.27. The molecule has 0 aliphatic rings. The van der Waals surface area contributed by atoms with Crippen LogP contribution in [0.5, 0.6) is 0 Å². The molecule has 0 spiro atoms. The predicted octanol–water partition coefficient (Wildman–Crippen LogP) is 17.5. The Labute approximate surface area is 383 Å². The first kappa shape index (κ1) is 58.8. The van der Waals surface area contributed by atoms with Crippen molar-refractivity contribution in [3.05, 3.63) is 97.2 Å². The van der Waals surface area contributed by atoms with Gasteiger partial charge in [-0.25, -0.2) is 0 Å². The summed E-state index contributed by atoms with van der Waals surface area (Å²) < 4.78 is 17.3. The second kappa shape index (κ2) is 52.2. The molecule has 5 heteroatoms. The lowest BCUT2D eigenvalue weighted by molar-refractivity contribution is -0.163. The van der Waals surface area contributed by atoms with Crippen molar-refractivity contribution in [2.24, 2.45) is 0 Å². The van der Waals surface area contributed by atoms with Crippen molar-refractivity contribution >= 4 is 11.9 Å². The van der Waals surface area contributed by atoms with E-state index >= 15 is 0 Å². The first-order valence-electron chi connectivity index (χ1n) is 25.8. The number of unbranched alkanes of at least 4 members (excludes halogenated alkanes) is 19. The molecule has 0 N–H and O–H groups in total. The van der Waals surface area contributed by atoms with Gasteiger partial charge in [0.1, 0.15) is 6.61 Å². The van der Waals surface area contributed by atoms with Crippen molar-refractivity contribution in [2.45, 2.75) is 232 Å². The molecule has 0 amide bonds. The van der Waals surface area contributed by atoms with Crippen LogP contribution in [0.25, 0.3) is 0 Å². The zero-order chi connectivity index (χ0) is 44.9. The van der Waals surface area contributed by atoms with Crippen LogP contribution in [0.15, 0.2) is 97.2 Å². The van der Waals surface area contributed by atoms with Crippen LogP contribution < -0.4 is 0 Å². The van der Waals surface area contributed by atoms with Crippen LogP contribution in [0.1, 0.15) is 226 Å². The third-order valence-corrected chi connectivity index (χ3v) is 10.6. The van der Waals surface area contributed by atoms with Gasteiger partial charge < -0.3 is 14.2 Å². The summed E-state index contributed by atoms with van der Waals surface area (Å²) in [6, 6.07) is 0. The van der Waals surface area contributed by atoms with Crippen LogP contribution in [-0.2, 0) is 23.8 Å². The standard InChI is InChI=1S/C57H96O5/c1-4-7-10-13-16-19-22-25-28-29-31-32-35-38-41-44-47-50-56(58)61-54-55(53-60-52-49-46-43-40-37-34-27-24-21-18-15-12-9-6-3)62-57(59)51-48-45-42-39-36-33-30-26-23-20-17-14-11-8-5-2/h8-9,11-12,17-18,20-21,25-28,30,34,40,43,55H,4-7,10,13-16,19,22-24,29,31-33,35-39,41-42,44-54H2,1-3H3/b11-8-,12-9-,20-17-,21-18-,28-25-,30-26-,34-27-,43-40-. The minimum Gasteiger partial charge on any atom is -0.462 e. The Bertz CT molecular complexity index is 1200. The Morgan fingerprint density at radius 3 is 1.18 bits per heavy atom. The highest BCUT2D eigenvalue weighted by atomic mass is 16.6. The molecule has 0 bridgehead atoms. The molecule has 0 aromatic rings. The number of allylic oxidation sites excluding steroid dienone is 16. The summed E-state index contributed by atoms with van der Waals surface area (Å²) >= 11 is 0. The maximum Gasteiger partial charge on any atom is 0.306 e. The summed E-state index contributed by atoms with van der Waals surface area (Å²) in [5.74, 6) is -0.455. The van der Waals surface area contributed by atoms with Gasteiger partial charge in [-0.2, -0.15) is 0 Å². The molecule has 0 aliphatic heterocycles. The minimum atomic E-state index is -0.580. The molecule has 1 unspecified atom stereocenters. The highest BCUT2D eigenvalue weighted by Gasteiger charge is 2.17. The highest BCUT2D eigenvalue weighted by Crippen LogP contribution is 2.13. The van der Waals surface area contributed by atoms with E-state index in [9.17, 15) is 9.59 Å². The van der Waals surface area contributed by atoms with E-state index in [4.69, 9.17) is 14.2 Å². The van der Waals surface area contributed by atoms with Crippen molar-refractivity contribution in [1.82, 2.24) is 0 Å². The monoisotopic (exact) mass is 861 g/mol. The normalized spacial score (nSPS) is 13.0. The summed E-state index contributed by atoms with van der Waals surface area (Å²) in [7, 11) is 0. The molecule has 0 aromatic carbocycles. The van der Waals surface area contributed by atoms with Gasteiger partial charge in [0.25, 0.3) is 0 Å². The van der Waals surface area contributed by atoms with E-state index in [1.807, 2.05) is 0 Å². The van der Waals surface area contributed by atoms with Gasteiger partial charge in [-0.3, -0.25) is 9.59 Å². The molecule has 354 valence electrons. The zero-order valence-corrected chi connectivity index (χ0v) is 40.6. The van der Waals surface area contributed by atoms with E-state index in [0.29, 0.717) is 19.4 Å². The van der Waals surface area contributed by atoms with Crippen molar-refractivity contribution in [3.63, 3.8) is 0 Å². The van der Waals surface area contributed by atoms with Gasteiger partial charge in [-0.1, -0.05) is 201 Å². The third-order valence-electron chi connectivity index (χ3n) is 10.6. The Kier molecular flexibility index (Phi) is 49.5. The van der Waals surface area contributed by atoms with Gasteiger partial charge in [-0.15, -0.1) is 0 Å². The molecular formula is C57H96O5. The molecule has 0 heterocycles. The minimum absolute atomic E-state index is 0.0497. The molecule has 1 atom stereocenters. The molecule has 62 heavy (non-hydrogen) atoms. The smallest absolute Gasteiger partial charge is 0.306 e. The van der Waals surface area contributed by atoms with Crippen LogP contribution in [-0.4, -0.2) is 37.9 Å². The van der Waals surface area contributed by atoms with Crippen molar-refractivity contribution in [1.29, 1.82) is 0 Å². The lowest BCUT2D eigenvalue weighted by Gasteiger charge is -2.18. The Balaban J connectivity index is 4.38. The number of hydrogen-bond donors (Lipinski definition) is 0. The number of carbonyl (C=O) groups is 2. The largest absolute Gasteiger partial charge is 0.462 e. The van der Waals surface area contributed by atoms with Crippen LogP contribution >= 0.6 is 0 Å². The molecule has 0 radical (unpaired) electrons. The van der Waals surface area contributed by atoms with E-state index in [2.05, 4.69) is 118 Å². The fourth-order valence-electron chi connectivity index (χ4n) is 6.82. The molecule has 5 nitrogen and oxygen atoms in total. The fraction of sp³-hybridized carbons (Fsp3) is 0.684. The van der Waals surface area contributed by atoms with E-state index in [-0.39, 0.29) is 25.2 Å². The lowest BCUT2D eigenvalue weighted by atomic mass is 10.1. The topological polar surface area (TPSA) is 61.8 Å². The zero-order valence-electron chi connectivity index (χ0n) is 40.6. The molecule has 0 saturated heterocycles. The summed E-state index contributed by atoms with van der Waals surface area (Å²) in [6.45, 7) is 7.44. The lowest BCUT2D eigenvalue weighted by Crippen LogP contribution is -2.30. The summed E-state index contributed by atoms with van der Waals surface area (Å²) in [5, 5.41) is 0. The van der Waals surface area contributed by atoms with Gasteiger partial charge in [0, 0.05) is 19.4 Å². The van der Waals surface area contributed by atoms with E-state index in [1.165, 1.54) is 89.9 Å². The number of ether oxygens (including phenoxy) is 3. The maximum atomic E-state index is 12.8. The van der Waals surface area contributed by atoms with E-state index in [0.717, 1.165) is 103 Å². The Morgan fingerprint density at radius 1 is 0.371 bits per heavy atom. The second-order valence-electron chi connectivity index (χ2n) is 16.7. The molecule has 0 fully saturated rings. The van der Waals surface area contributed by atoms with Crippen LogP contribution in [0.2, 0.25) is 0 Å². The van der Waals surface area contributed by atoms with Gasteiger partial charge in [0.05, 0.1) is 6.61 Å². The van der Waals surface area contributed by atoms with Crippen LogP contribution in [0.4, 0.5) is 0 Å². The first-order chi connectivity index (χ1) is 30.6. The van der Waals surface area contributed by atoms with E-state index < -0.39 is 6.10 Å². The van der Waals surface area contributed by atoms with Crippen molar-refractivity contribution in [2.75, 3.05) is 19.8 Å². The quantitative estimate of drug-likeness (QED) is 0.0347. The molecule has 0 aliphatic carbocycles. The van der Waals surface area contributed by atoms with Crippen molar-refractivity contribution < 1.29 is 23.8 Å². The van der Waals surface area contributed by atoms with Gasteiger partial charge >= 0.3 is 11.9 Å². The van der Waals surface area contributed by atoms with Gasteiger partial charge in [0.15, 0.2) is 6.10 Å². The summed E-state index contributed by atoms with van der Waals surface area (Å²) in [6.07, 6.45) is 70.0. The number of esters is 2. The van der Waals surface area contributed by atoms with Gasteiger partial charge in [0.2, 0.25) is 0 Å². The molecule has 0 aromatic heterocycles. The van der Waals surface area contributed by atoms with Gasteiger partial charge in [-0.05, 0) is 109 Å². The second-order valence-corrected chi connectivity index (χ2v) is 16.7. The molecular weight excluding hydrogens is 765 g/mol. The number of rotatable bonds is 46. The SMILES string of the molecule is CC/C=C\C/C=C\C/C=C\C/C=C\CCCOCC(COC(=O)CCCCCCCCC/C=C\CCCCCCCC)OC(=O)CCCCCCC/C=C\C/C=C\C/C=C\CC. The fourth-order valence-corrected chi connectivity index (χ4v) is 6.82. The Hall–Kier alpha value is -3.18.